The molecule has 4 heteroatoms. The van der Waals surface area contributed by atoms with Gasteiger partial charge in [0, 0.05) is 18.0 Å². The Morgan fingerprint density at radius 3 is 2.76 bits per heavy atom. The van der Waals surface area contributed by atoms with Gasteiger partial charge in [-0.1, -0.05) is 6.92 Å². The zero-order chi connectivity index (χ0) is 12.4. The highest BCUT2D eigenvalue weighted by Crippen LogP contribution is 2.24. The molecule has 3 nitrogen and oxygen atoms in total. The van der Waals surface area contributed by atoms with E-state index in [1.54, 1.807) is 6.07 Å². The molecule has 1 aliphatic rings. The second-order valence-corrected chi connectivity index (χ2v) is 4.46. The molecule has 92 valence electrons. The van der Waals surface area contributed by atoms with Crippen LogP contribution in [0.2, 0.25) is 0 Å². The fraction of sp³-hybridized carbons (Fsp3) is 0.462. The number of hydrogen-bond acceptors (Lipinski definition) is 3. The largest absolute Gasteiger partial charge is 0.494 e. The third-order valence-corrected chi connectivity index (χ3v) is 3.29. The summed E-state index contributed by atoms with van der Waals surface area (Å²) in [6.45, 7) is 3.55. The van der Waals surface area contributed by atoms with Crippen molar-refractivity contribution in [2.75, 3.05) is 20.2 Å². The Kier molecular flexibility index (Phi) is 3.43. The maximum absolute atomic E-state index is 13.5. The van der Waals surface area contributed by atoms with E-state index in [4.69, 9.17) is 4.74 Å². The first-order valence-corrected chi connectivity index (χ1v) is 5.72. The van der Waals surface area contributed by atoms with Crippen LogP contribution in [0.1, 0.15) is 17.3 Å². The number of carbonyl (C=O) groups excluding carboxylic acids is 1. The van der Waals surface area contributed by atoms with Crippen molar-refractivity contribution in [2.45, 2.75) is 6.92 Å². The SMILES string of the molecule is COc1ccc(C(=O)C2CNCC2C)cc1F. The van der Waals surface area contributed by atoms with Crippen molar-refractivity contribution in [1.82, 2.24) is 5.32 Å². The maximum atomic E-state index is 13.5. The quantitative estimate of drug-likeness (QED) is 0.816. The molecule has 0 bridgehead atoms. The molecule has 1 saturated heterocycles. The molecule has 2 unspecified atom stereocenters. The number of carbonyl (C=O) groups is 1. The van der Waals surface area contributed by atoms with Gasteiger partial charge in [-0.2, -0.15) is 0 Å². The Hall–Kier alpha value is -1.42. The van der Waals surface area contributed by atoms with Crippen molar-refractivity contribution < 1.29 is 13.9 Å². The van der Waals surface area contributed by atoms with Crippen molar-refractivity contribution in [1.29, 1.82) is 0 Å². The van der Waals surface area contributed by atoms with Crippen LogP contribution in [0.3, 0.4) is 0 Å². The van der Waals surface area contributed by atoms with Gasteiger partial charge in [-0.05, 0) is 30.7 Å². The molecule has 0 aromatic heterocycles. The van der Waals surface area contributed by atoms with E-state index in [9.17, 15) is 9.18 Å². The monoisotopic (exact) mass is 237 g/mol. The highest BCUT2D eigenvalue weighted by molar-refractivity contribution is 5.98. The first kappa shape index (κ1) is 12.0. The molecule has 1 N–H and O–H groups in total. The Morgan fingerprint density at radius 1 is 1.47 bits per heavy atom. The van der Waals surface area contributed by atoms with Crippen molar-refractivity contribution >= 4 is 5.78 Å². The summed E-state index contributed by atoms with van der Waals surface area (Å²) in [6, 6.07) is 4.37. The summed E-state index contributed by atoms with van der Waals surface area (Å²) in [5.41, 5.74) is 0.420. The molecule has 1 heterocycles. The average molecular weight is 237 g/mol. The van der Waals surface area contributed by atoms with Gasteiger partial charge >= 0.3 is 0 Å². The lowest BCUT2D eigenvalue weighted by Crippen LogP contribution is -2.21. The minimum Gasteiger partial charge on any atom is -0.494 e. The van der Waals surface area contributed by atoms with Crippen molar-refractivity contribution in [3.05, 3.63) is 29.6 Å². The van der Waals surface area contributed by atoms with E-state index in [1.807, 2.05) is 6.92 Å². The van der Waals surface area contributed by atoms with Crippen LogP contribution in [0.5, 0.6) is 5.75 Å². The summed E-state index contributed by atoms with van der Waals surface area (Å²) in [5, 5.41) is 3.17. The number of benzene rings is 1. The lowest BCUT2D eigenvalue weighted by Gasteiger charge is -2.13. The molecule has 2 rings (SSSR count). The number of rotatable bonds is 3. The van der Waals surface area contributed by atoms with Gasteiger partial charge in [0.05, 0.1) is 7.11 Å². The minimum atomic E-state index is -0.489. The Morgan fingerprint density at radius 2 is 2.24 bits per heavy atom. The van der Waals surface area contributed by atoms with Gasteiger partial charge in [-0.15, -0.1) is 0 Å². The summed E-state index contributed by atoms with van der Waals surface area (Å²) >= 11 is 0. The molecule has 0 amide bonds. The molecule has 0 spiro atoms. The van der Waals surface area contributed by atoms with E-state index in [-0.39, 0.29) is 17.5 Å². The normalized spacial score (nSPS) is 23.7. The highest BCUT2D eigenvalue weighted by atomic mass is 19.1. The summed E-state index contributed by atoms with van der Waals surface area (Å²) in [4.78, 5) is 12.2. The molecule has 0 saturated carbocycles. The van der Waals surface area contributed by atoms with Crippen molar-refractivity contribution in [3.8, 4) is 5.75 Å². The van der Waals surface area contributed by atoms with Crippen LogP contribution in [0, 0.1) is 17.7 Å². The van der Waals surface area contributed by atoms with Crippen LogP contribution in [0.15, 0.2) is 18.2 Å². The van der Waals surface area contributed by atoms with E-state index in [2.05, 4.69) is 5.32 Å². The van der Waals surface area contributed by atoms with Crippen LogP contribution in [-0.2, 0) is 0 Å². The van der Waals surface area contributed by atoms with E-state index in [0.29, 0.717) is 18.0 Å². The smallest absolute Gasteiger partial charge is 0.167 e. The fourth-order valence-corrected chi connectivity index (χ4v) is 2.19. The first-order chi connectivity index (χ1) is 8.13. The number of nitrogens with one attached hydrogen (secondary N) is 1. The summed E-state index contributed by atoms with van der Waals surface area (Å²) < 4.78 is 18.3. The average Bonchev–Trinajstić information content (AvgIpc) is 2.74. The van der Waals surface area contributed by atoms with Gasteiger partial charge in [-0.3, -0.25) is 4.79 Å². The van der Waals surface area contributed by atoms with Crippen LogP contribution < -0.4 is 10.1 Å². The van der Waals surface area contributed by atoms with Crippen LogP contribution in [-0.4, -0.2) is 26.0 Å². The molecule has 0 aliphatic carbocycles. The lowest BCUT2D eigenvalue weighted by molar-refractivity contribution is 0.0907. The molecule has 0 radical (unpaired) electrons. The molecular weight excluding hydrogens is 221 g/mol. The highest BCUT2D eigenvalue weighted by Gasteiger charge is 2.30. The van der Waals surface area contributed by atoms with Gasteiger partial charge in [0.2, 0.25) is 0 Å². The maximum Gasteiger partial charge on any atom is 0.167 e. The third-order valence-electron chi connectivity index (χ3n) is 3.29. The second kappa shape index (κ2) is 4.84. The van der Waals surface area contributed by atoms with Gasteiger partial charge in [0.25, 0.3) is 0 Å². The minimum absolute atomic E-state index is 0.00375. The van der Waals surface area contributed by atoms with Crippen LogP contribution in [0.4, 0.5) is 4.39 Å². The van der Waals surface area contributed by atoms with Gasteiger partial charge in [0.15, 0.2) is 17.3 Å². The number of hydrogen-bond donors (Lipinski definition) is 1. The predicted octanol–water partition coefficient (Wildman–Crippen LogP) is 1.87. The van der Waals surface area contributed by atoms with E-state index < -0.39 is 5.82 Å². The van der Waals surface area contributed by atoms with Gasteiger partial charge in [0.1, 0.15) is 0 Å². The summed E-state index contributed by atoms with van der Waals surface area (Å²) in [5.74, 6) is -0.0735. The second-order valence-electron chi connectivity index (χ2n) is 4.46. The molecule has 1 aromatic rings. The van der Waals surface area contributed by atoms with E-state index in [1.165, 1.54) is 19.2 Å². The molecular formula is C13H16FNO2. The standard InChI is InChI=1S/C13H16FNO2/c1-8-6-15-7-10(8)13(16)9-3-4-12(17-2)11(14)5-9/h3-5,8,10,15H,6-7H2,1-2H3. The van der Waals surface area contributed by atoms with Crippen molar-refractivity contribution in [2.24, 2.45) is 11.8 Å². The molecule has 1 fully saturated rings. The van der Waals surface area contributed by atoms with Gasteiger partial charge in [-0.25, -0.2) is 4.39 Å². The van der Waals surface area contributed by atoms with E-state index in [0.717, 1.165) is 6.54 Å². The number of ketones is 1. The molecule has 1 aliphatic heterocycles. The number of Topliss-reactive ketones (excluding diaryl/α,β-unsaturated/α-hetero) is 1. The Balaban J connectivity index is 2.22. The van der Waals surface area contributed by atoms with E-state index >= 15 is 0 Å². The predicted molar refractivity (Wildman–Crippen MR) is 62.8 cm³/mol. The fourth-order valence-electron chi connectivity index (χ4n) is 2.19. The zero-order valence-electron chi connectivity index (χ0n) is 10.00. The molecule has 17 heavy (non-hydrogen) atoms. The van der Waals surface area contributed by atoms with Crippen LogP contribution >= 0.6 is 0 Å². The third kappa shape index (κ3) is 2.31. The lowest BCUT2D eigenvalue weighted by atomic mass is 9.90. The number of methoxy groups -OCH3 is 1. The number of halogens is 1. The zero-order valence-corrected chi connectivity index (χ0v) is 10.00. The van der Waals surface area contributed by atoms with Crippen LogP contribution in [0.25, 0.3) is 0 Å². The molecule has 2 atom stereocenters. The van der Waals surface area contributed by atoms with Crippen molar-refractivity contribution in [3.63, 3.8) is 0 Å². The summed E-state index contributed by atoms with van der Waals surface area (Å²) in [6.07, 6.45) is 0. The Labute approximate surface area is 100.0 Å². The van der Waals surface area contributed by atoms with Gasteiger partial charge < -0.3 is 10.1 Å². The Bertz CT molecular complexity index is 433. The number of ether oxygens (including phenoxy) is 1. The summed E-state index contributed by atoms with van der Waals surface area (Å²) in [7, 11) is 1.41. The first-order valence-electron chi connectivity index (χ1n) is 5.72. The molecule has 1 aromatic carbocycles. The topological polar surface area (TPSA) is 38.3 Å².